The molecule has 36 heavy (non-hydrogen) atoms. The number of hydrogen-bond donors (Lipinski definition) is 2. The first-order valence-corrected chi connectivity index (χ1v) is 14.2. The molecule has 2 N–H and O–H groups in total. The molecular weight excluding hydrogens is 480 g/mol. The first-order chi connectivity index (χ1) is 17.3. The van der Waals surface area contributed by atoms with Crippen LogP contribution < -0.4 is 19.7 Å². The van der Waals surface area contributed by atoms with E-state index in [0.29, 0.717) is 41.7 Å². The third-order valence-corrected chi connectivity index (χ3v) is 7.23. The average molecular weight is 513 g/mol. The predicted octanol–water partition coefficient (Wildman–Crippen LogP) is 3.34. The average Bonchev–Trinajstić information content (AvgIpc) is 2.86. The van der Waals surface area contributed by atoms with Crippen LogP contribution in [0.2, 0.25) is 0 Å². The normalized spacial score (nSPS) is 20.8. The fourth-order valence-electron chi connectivity index (χ4n) is 4.71. The molecule has 0 bridgehead atoms. The summed E-state index contributed by atoms with van der Waals surface area (Å²) in [5, 5.41) is 4.30. The number of pyridine rings is 3. The summed E-state index contributed by atoms with van der Waals surface area (Å²) >= 11 is 0. The third-order valence-electron chi connectivity index (χ3n) is 6.62. The standard InChI is InChI=1S/C25H32N6O4S/c1-17-7-8-26-16-23(17)28-18-3-5-20(6-4-18)35-25-21-13-19(30-36(2,32)33)15-27-22(21)14-24(29-25)31-9-11-34-12-10-31/h7-8,13-16,18,20,28,30H,3-6,9-12H2,1-2H3. The first-order valence-electron chi connectivity index (χ1n) is 12.3. The molecule has 0 spiro atoms. The quantitative estimate of drug-likeness (QED) is 0.491. The van der Waals surface area contributed by atoms with Gasteiger partial charge in [-0.05, 0) is 50.3 Å². The van der Waals surface area contributed by atoms with Gasteiger partial charge >= 0.3 is 0 Å². The lowest BCUT2D eigenvalue weighted by molar-refractivity contribution is 0.122. The minimum absolute atomic E-state index is 0.0141. The molecule has 1 saturated carbocycles. The van der Waals surface area contributed by atoms with E-state index in [9.17, 15) is 8.42 Å². The minimum Gasteiger partial charge on any atom is -0.474 e. The van der Waals surface area contributed by atoms with Crippen LogP contribution in [0.25, 0.3) is 10.9 Å². The Hall–Kier alpha value is -3.18. The summed E-state index contributed by atoms with van der Waals surface area (Å²) in [6.07, 6.45) is 10.0. The van der Waals surface area contributed by atoms with Gasteiger partial charge in [-0.15, -0.1) is 0 Å². The number of rotatable bonds is 7. The molecule has 4 heterocycles. The molecule has 1 aliphatic heterocycles. The van der Waals surface area contributed by atoms with E-state index in [2.05, 4.69) is 31.8 Å². The van der Waals surface area contributed by atoms with Crippen LogP contribution in [0.1, 0.15) is 31.2 Å². The smallest absolute Gasteiger partial charge is 0.229 e. The highest BCUT2D eigenvalue weighted by molar-refractivity contribution is 7.92. The Kier molecular flexibility index (Phi) is 7.10. The van der Waals surface area contributed by atoms with Crippen molar-refractivity contribution in [3.63, 3.8) is 0 Å². The molecule has 0 aromatic carbocycles. The van der Waals surface area contributed by atoms with Gasteiger partial charge in [-0.2, -0.15) is 4.98 Å². The van der Waals surface area contributed by atoms with Gasteiger partial charge in [0.2, 0.25) is 15.9 Å². The van der Waals surface area contributed by atoms with Gasteiger partial charge in [0.15, 0.2) is 0 Å². The molecule has 3 aromatic heterocycles. The Morgan fingerprint density at radius 1 is 1.11 bits per heavy atom. The lowest BCUT2D eigenvalue weighted by atomic mass is 9.92. The molecule has 3 aromatic rings. The zero-order valence-corrected chi connectivity index (χ0v) is 21.4. The van der Waals surface area contributed by atoms with E-state index in [4.69, 9.17) is 14.5 Å². The van der Waals surface area contributed by atoms with Crippen molar-refractivity contribution in [3.8, 4) is 5.88 Å². The van der Waals surface area contributed by atoms with Crippen molar-refractivity contribution < 1.29 is 17.9 Å². The summed E-state index contributed by atoms with van der Waals surface area (Å²) in [6, 6.07) is 6.04. The van der Waals surface area contributed by atoms with Crippen molar-refractivity contribution in [3.05, 3.63) is 42.4 Å². The maximum Gasteiger partial charge on any atom is 0.229 e. The van der Waals surface area contributed by atoms with Gasteiger partial charge in [0.1, 0.15) is 11.9 Å². The molecule has 0 atom stereocenters. The van der Waals surface area contributed by atoms with Gasteiger partial charge in [0.05, 0.1) is 54.1 Å². The van der Waals surface area contributed by atoms with E-state index < -0.39 is 10.0 Å². The summed E-state index contributed by atoms with van der Waals surface area (Å²) in [5.41, 5.74) is 3.35. The van der Waals surface area contributed by atoms with Gasteiger partial charge in [-0.3, -0.25) is 14.7 Å². The Labute approximate surface area is 211 Å². The zero-order chi connectivity index (χ0) is 25.1. The molecule has 2 aliphatic rings. The number of aryl methyl sites for hydroxylation is 1. The maximum absolute atomic E-state index is 11.8. The van der Waals surface area contributed by atoms with Crippen LogP contribution in [0.5, 0.6) is 5.88 Å². The highest BCUT2D eigenvalue weighted by atomic mass is 32.2. The van der Waals surface area contributed by atoms with Crippen molar-refractivity contribution in [2.45, 2.75) is 44.8 Å². The third kappa shape index (κ3) is 5.96. The summed E-state index contributed by atoms with van der Waals surface area (Å²) in [5.74, 6) is 1.28. The van der Waals surface area contributed by atoms with Crippen molar-refractivity contribution >= 4 is 38.1 Å². The van der Waals surface area contributed by atoms with Gasteiger partial charge in [-0.1, -0.05) is 0 Å². The molecule has 0 unspecified atom stereocenters. The van der Waals surface area contributed by atoms with Gasteiger partial charge < -0.3 is 19.7 Å². The second-order valence-corrected chi connectivity index (χ2v) is 11.2. The molecular formula is C25H32N6O4S. The van der Waals surface area contributed by atoms with Crippen LogP contribution >= 0.6 is 0 Å². The molecule has 5 rings (SSSR count). The Bertz CT molecular complexity index is 1320. The fraction of sp³-hybridized carbons (Fsp3) is 0.480. The summed E-state index contributed by atoms with van der Waals surface area (Å²) in [7, 11) is -3.43. The number of nitrogens with zero attached hydrogens (tertiary/aromatic N) is 4. The van der Waals surface area contributed by atoms with E-state index in [0.717, 1.165) is 56.5 Å². The maximum atomic E-state index is 11.8. The molecule has 0 radical (unpaired) electrons. The van der Waals surface area contributed by atoms with Crippen LogP contribution in [0, 0.1) is 6.92 Å². The van der Waals surface area contributed by atoms with E-state index >= 15 is 0 Å². The van der Waals surface area contributed by atoms with Gasteiger partial charge in [-0.25, -0.2) is 8.42 Å². The Morgan fingerprint density at radius 3 is 2.61 bits per heavy atom. The number of morpholine rings is 1. The Balaban J connectivity index is 1.36. The molecule has 11 heteroatoms. The van der Waals surface area contributed by atoms with E-state index in [-0.39, 0.29) is 6.10 Å². The van der Waals surface area contributed by atoms with E-state index in [1.807, 2.05) is 18.3 Å². The number of nitrogens with one attached hydrogen (secondary N) is 2. The first kappa shape index (κ1) is 24.5. The fourth-order valence-corrected chi connectivity index (χ4v) is 5.25. The van der Waals surface area contributed by atoms with E-state index in [1.54, 1.807) is 12.3 Å². The number of fused-ring (bicyclic) bond motifs is 1. The number of ether oxygens (including phenoxy) is 2. The topological polar surface area (TPSA) is 119 Å². The lowest BCUT2D eigenvalue weighted by Crippen LogP contribution is -2.37. The van der Waals surface area contributed by atoms with Crippen LogP contribution in [0.3, 0.4) is 0 Å². The molecule has 192 valence electrons. The predicted molar refractivity (Wildman–Crippen MR) is 140 cm³/mol. The summed E-state index contributed by atoms with van der Waals surface area (Å²) in [6.45, 7) is 4.87. The molecule has 1 saturated heterocycles. The molecule has 10 nitrogen and oxygen atoms in total. The second-order valence-electron chi connectivity index (χ2n) is 9.48. The van der Waals surface area contributed by atoms with Crippen LogP contribution in [0.4, 0.5) is 17.2 Å². The summed E-state index contributed by atoms with van der Waals surface area (Å²) < 4.78 is 38.0. The number of anilines is 3. The minimum atomic E-state index is -3.43. The Morgan fingerprint density at radius 2 is 1.89 bits per heavy atom. The molecule has 0 amide bonds. The largest absolute Gasteiger partial charge is 0.474 e. The van der Waals surface area contributed by atoms with Crippen molar-refractivity contribution in [1.29, 1.82) is 0 Å². The zero-order valence-electron chi connectivity index (χ0n) is 20.6. The van der Waals surface area contributed by atoms with Crippen LogP contribution in [-0.4, -0.2) is 68.1 Å². The monoisotopic (exact) mass is 512 g/mol. The molecule has 1 aliphatic carbocycles. The lowest BCUT2D eigenvalue weighted by Gasteiger charge is -2.31. The van der Waals surface area contributed by atoms with Crippen molar-refractivity contribution in [2.75, 3.05) is 47.5 Å². The number of sulfonamides is 1. The van der Waals surface area contributed by atoms with Crippen LogP contribution in [0.15, 0.2) is 36.8 Å². The second kappa shape index (κ2) is 10.4. The van der Waals surface area contributed by atoms with E-state index in [1.165, 1.54) is 11.8 Å². The van der Waals surface area contributed by atoms with Crippen LogP contribution in [-0.2, 0) is 14.8 Å². The SMILES string of the molecule is Cc1ccncc1NC1CCC(Oc2nc(N3CCOCC3)cc3ncc(NS(C)(=O)=O)cc23)CC1. The highest BCUT2D eigenvalue weighted by Crippen LogP contribution is 2.33. The van der Waals surface area contributed by atoms with Crippen molar-refractivity contribution in [2.24, 2.45) is 0 Å². The van der Waals surface area contributed by atoms with Crippen molar-refractivity contribution in [1.82, 2.24) is 15.0 Å². The number of aromatic nitrogens is 3. The highest BCUT2D eigenvalue weighted by Gasteiger charge is 2.25. The van der Waals surface area contributed by atoms with Gasteiger partial charge in [0.25, 0.3) is 0 Å². The number of hydrogen-bond acceptors (Lipinski definition) is 9. The van der Waals surface area contributed by atoms with Gasteiger partial charge in [0, 0.05) is 31.4 Å². The summed E-state index contributed by atoms with van der Waals surface area (Å²) in [4.78, 5) is 15.8. The molecule has 2 fully saturated rings.